The molecule has 1 aliphatic heterocycles. The van der Waals surface area contributed by atoms with Crippen molar-refractivity contribution in [3.05, 3.63) is 12.2 Å². The van der Waals surface area contributed by atoms with E-state index in [-0.39, 0.29) is 0 Å². The van der Waals surface area contributed by atoms with Gasteiger partial charge in [0.1, 0.15) is 0 Å². The van der Waals surface area contributed by atoms with Gasteiger partial charge in [-0.1, -0.05) is 26.0 Å². The molecule has 0 spiro atoms. The summed E-state index contributed by atoms with van der Waals surface area (Å²) < 4.78 is 0. The summed E-state index contributed by atoms with van der Waals surface area (Å²) in [5.74, 6) is 4.64. The number of hydrogen-bond acceptors (Lipinski definition) is 1. The van der Waals surface area contributed by atoms with Crippen molar-refractivity contribution < 1.29 is 0 Å². The second-order valence-corrected chi connectivity index (χ2v) is 7.11. The number of fused-ring (bicyclic) bond motifs is 5. The fourth-order valence-electron chi connectivity index (χ4n) is 4.69. The fraction of sp³-hybridized carbons (Fsp3) is 0.875. The van der Waals surface area contributed by atoms with E-state index in [9.17, 15) is 0 Å². The third-order valence-electron chi connectivity index (χ3n) is 5.59. The number of nitrogens with zero attached hydrogens (tertiary/aromatic N) is 1. The molecule has 96 valence electrons. The van der Waals surface area contributed by atoms with Crippen molar-refractivity contribution in [2.45, 2.75) is 52.6 Å². The summed E-state index contributed by atoms with van der Waals surface area (Å²) >= 11 is 0. The van der Waals surface area contributed by atoms with E-state index in [1.54, 1.807) is 0 Å². The summed E-state index contributed by atoms with van der Waals surface area (Å²) in [5.41, 5.74) is 0. The molecule has 1 saturated carbocycles. The molecule has 17 heavy (non-hydrogen) atoms. The van der Waals surface area contributed by atoms with Crippen LogP contribution in [-0.4, -0.2) is 23.5 Å². The molecule has 1 heteroatoms. The van der Waals surface area contributed by atoms with E-state index in [4.69, 9.17) is 0 Å². The van der Waals surface area contributed by atoms with Gasteiger partial charge < -0.3 is 0 Å². The van der Waals surface area contributed by atoms with Gasteiger partial charge in [-0.05, 0) is 56.3 Å². The van der Waals surface area contributed by atoms with Gasteiger partial charge >= 0.3 is 0 Å². The van der Waals surface area contributed by atoms with E-state index in [0.717, 1.165) is 35.6 Å². The van der Waals surface area contributed by atoms with Crippen LogP contribution in [0.15, 0.2) is 12.2 Å². The quantitative estimate of drug-likeness (QED) is 0.659. The van der Waals surface area contributed by atoms with Crippen LogP contribution in [0.5, 0.6) is 0 Å². The highest BCUT2D eigenvalue weighted by Gasteiger charge is 2.49. The molecule has 0 aromatic carbocycles. The molecule has 0 aromatic rings. The topological polar surface area (TPSA) is 3.24 Å². The largest absolute Gasteiger partial charge is 0.297 e. The van der Waals surface area contributed by atoms with Crippen LogP contribution < -0.4 is 0 Å². The first-order valence-electron chi connectivity index (χ1n) is 7.52. The molecule has 5 atom stereocenters. The van der Waals surface area contributed by atoms with E-state index in [1.807, 2.05) is 0 Å². The van der Waals surface area contributed by atoms with E-state index in [1.165, 1.54) is 19.4 Å². The molecule has 2 bridgehead atoms. The Morgan fingerprint density at radius 2 is 1.59 bits per heavy atom. The number of piperidine rings is 1. The lowest BCUT2D eigenvalue weighted by Gasteiger charge is -2.48. The molecule has 1 nitrogen and oxygen atoms in total. The summed E-state index contributed by atoms with van der Waals surface area (Å²) in [6.45, 7) is 10.9. The Labute approximate surface area is 106 Å². The lowest BCUT2D eigenvalue weighted by Crippen LogP contribution is -2.53. The van der Waals surface area contributed by atoms with E-state index in [0.29, 0.717) is 6.04 Å². The Kier molecular flexibility index (Phi) is 2.85. The molecule has 2 fully saturated rings. The van der Waals surface area contributed by atoms with Gasteiger partial charge in [-0.25, -0.2) is 0 Å². The Morgan fingerprint density at radius 3 is 2.18 bits per heavy atom. The zero-order valence-electron chi connectivity index (χ0n) is 11.8. The van der Waals surface area contributed by atoms with Crippen LogP contribution in [0, 0.1) is 29.6 Å². The van der Waals surface area contributed by atoms with Crippen LogP contribution in [0.1, 0.15) is 40.5 Å². The first kappa shape index (κ1) is 11.8. The number of likely N-dealkylation sites (tertiary alicyclic amines) is 1. The molecule has 0 radical (unpaired) electrons. The average molecular weight is 233 g/mol. The molecule has 0 aromatic heterocycles. The fourth-order valence-corrected chi connectivity index (χ4v) is 4.69. The molecule has 2 aliphatic carbocycles. The van der Waals surface area contributed by atoms with Crippen LogP contribution >= 0.6 is 0 Å². The number of hydrogen-bond donors (Lipinski definition) is 0. The van der Waals surface area contributed by atoms with Crippen molar-refractivity contribution in [2.75, 3.05) is 6.54 Å². The molecular weight excluding hydrogens is 206 g/mol. The van der Waals surface area contributed by atoms with Crippen LogP contribution in [-0.2, 0) is 0 Å². The zero-order chi connectivity index (χ0) is 12.2. The van der Waals surface area contributed by atoms with Crippen LogP contribution in [0.4, 0.5) is 0 Å². The molecule has 0 amide bonds. The minimum Gasteiger partial charge on any atom is -0.297 e. The molecule has 3 aliphatic rings. The Bertz CT molecular complexity index is 287. The minimum atomic E-state index is 0.714. The summed E-state index contributed by atoms with van der Waals surface area (Å²) in [7, 11) is 0. The van der Waals surface area contributed by atoms with Gasteiger partial charge in [0.05, 0.1) is 0 Å². The maximum Gasteiger partial charge on any atom is 0.0124 e. The first-order valence-corrected chi connectivity index (χ1v) is 7.52. The summed E-state index contributed by atoms with van der Waals surface area (Å²) in [6.07, 6.45) is 7.95. The maximum absolute atomic E-state index is 2.79. The third-order valence-corrected chi connectivity index (χ3v) is 5.59. The summed E-state index contributed by atoms with van der Waals surface area (Å²) in [6, 6.07) is 1.54. The summed E-state index contributed by atoms with van der Waals surface area (Å²) in [4.78, 5) is 2.79. The van der Waals surface area contributed by atoms with Gasteiger partial charge in [-0.3, -0.25) is 4.90 Å². The Balaban J connectivity index is 1.82. The second kappa shape index (κ2) is 4.12. The Morgan fingerprint density at radius 1 is 0.941 bits per heavy atom. The normalized spacial score (nSPS) is 44.9. The average Bonchev–Trinajstić information content (AvgIpc) is 2.87. The lowest BCUT2D eigenvalue weighted by atomic mass is 9.73. The highest BCUT2D eigenvalue weighted by Crippen LogP contribution is 2.53. The van der Waals surface area contributed by atoms with Gasteiger partial charge in [0, 0.05) is 18.6 Å². The van der Waals surface area contributed by atoms with Gasteiger partial charge in [0.2, 0.25) is 0 Å². The number of rotatable bonds is 2. The monoisotopic (exact) mass is 233 g/mol. The highest BCUT2D eigenvalue weighted by atomic mass is 15.2. The predicted octanol–water partition coefficient (Wildman–Crippen LogP) is 3.56. The first-order chi connectivity index (χ1) is 8.08. The van der Waals surface area contributed by atoms with Crippen molar-refractivity contribution in [3.8, 4) is 0 Å². The van der Waals surface area contributed by atoms with E-state index >= 15 is 0 Å². The van der Waals surface area contributed by atoms with Crippen molar-refractivity contribution in [1.82, 2.24) is 4.90 Å². The molecule has 3 rings (SSSR count). The zero-order valence-corrected chi connectivity index (χ0v) is 11.8. The van der Waals surface area contributed by atoms with Gasteiger partial charge in [0.15, 0.2) is 0 Å². The lowest BCUT2D eigenvalue weighted by molar-refractivity contribution is 0.0118. The number of allylic oxidation sites excluding steroid dienone is 2. The van der Waals surface area contributed by atoms with Crippen molar-refractivity contribution in [3.63, 3.8) is 0 Å². The third kappa shape index (κ3) is 1.78. The molecular formula is C16H27N. The van der Waals surface area contributed by atoms with Crippen LogP contribution in [0.2, 0.25) is 0 Å². The van der Waals surface area contributed by atoms with Crippen LogP contribution in [0.3, 0.4) is 0 Å². The van der Waals surface area contributed by atoms with E-state index in [2.05, 4.69) is 44.7 Å². The Hall–Kier alpha value is -0.300. The van der Waals surface area contributed by atoms with E-state index < -0.39 is 0 Å². The van der Waals surface area contributed by atoms with Gasteiger partial charge in [-0.2, -0.15) is 0 Å². The summed E-state index contributed by atoms with van der Waals surface area (Å²) in [5, 5.41) is 0. The SMILES string of the molecule is CC(C)C1CC2C3C=CC(C3)C2CN1C(C)C. The van der Waals surface area contributed by atoms with Crippen LogP contribution in [0.25, 0.3) is 0 Å². The maximum atomic E-state index is 2.79. The standard InChI is InChI=1S/C16H27N/c1-10(2)16-8-14-12-5-6-13(7-12)15(14)9-17(16)11(3)4/h5-6,10-16H,7-9H2,1-4H3. The van der Waals surface area contributed by atoms with Crippen molar-refractivity contribution >= 4 is 0 Å². The van der Waals surface area contributed by atoms with Crippen molar-refractivity contribution in [1.29, 1.82) is 0 Å². The smallest absolute Gasteiger partial charge is 0.0124 e. The van der Waals surface area contributed by atoms with Gasteiger partial charge in [-0.15, -0.1) is 0 Å². The highest BCUT2D eigenvalue weighted by molar-refractivity contribution is 5.16. The molecule has 1 heterocycles. The predicted molar refractivity (Wildman–Crippen MR) is 72.8 cm³/mol. The second-order valence-electron chi connectivity index (χ2n) is 7.11. The molecule has 0 N–H and O–H groups in total. The molecule has 5 unspecified atom stereocenters. The van der Waals surface area contributed by atoms with Gasteiger partial charge in [0.25, 0.3) is 0 Å². The molecule has 1 saturated heterocycles. The minimum absolute atomic E-state index is 0.714. The van der Waals surface area contributed by atoms with Crippen molar-refractivity contribution in [2.24, 2.45) is 29.6 Å².